The summed E-state index contributed by atoms with van der Waals surface area (Å²) in [6, 6.07) is 9.88. The lowest BCUT2D eigenvalue weighted by molar-refractivity contribution is 0.470. The average Bonchev–Trinajstić information content (AvgIpc) is 2.42. The van der Waals surface area contributed by atoms with Crippen LogP contribution in [-0.4, -0.2) is 10.1 Å². The van der Waals surface area contributed by atoms with Crippen LogP contribution in [0.1, 0.15) is 0 Å². The number of aromatic nitrogens is 1. The molecule has 0 unspecified atom stereocenters. The van der Waals surface area contributed by atoms with Crippen molar-refractivity contribution in [3.05, 3.63) is 59.6 Å². The molecule has 3 rings (SSSR count). The molecule has 0 radical (unpaired) electrons. The molecule has 19 heavy (non-hydrogen) atoms. The van der Waals surface area contributed by atoms with Crippen molar-refractivity contribution in [1.29, 1.82) is 0 Å². The van der Waals surface area contributed by atoms with Crippen LogP contribution in [-0.2, 0) is 0 Å². The van der Waals surface area contributed by atoms with Crippen LogP contribution in [0.15, 0.2) is 48.8 Å². The monoisotopic (exact) mass is 273 g/mol. The van der Waals surface area contributed by atoms with E-state index in [0.29, 0.717) is 11.1 Å². The predicted molar refractivity (Wildman–Crippen MR) is 73.8 cm³/mol. The largest absolute Gasteiger partial charge is 0.506 e. The van der Waals surface area contributed by atoms with Crippen molar-refractivity contribution in [1.82, 2.24) is 4.98 Å². The van der Waals surface area contributed by atoms with Crippen molar-refractivity contribution in [2.45, 2.75) is 0 Å². The molecule has 2 nitrogen and oxygen atoms in total. The predicted octanol–water partition coefficient (Wildman–Crippen LogP) is 4.40. The number of pyridine rings is 1. The van der Waals surface area contributed by atoms with Gasteiger partial charge in [0.2, 0.25) is 0 Å². The maximum atomic E-state index is 14.0. The number of rotatable bonds is 1. The van der Waals surface area contributed by atoms with E-state index in [-0.39, 0.29) is 10.8 Å². The van der Waals surface area contributed by atoms with E-state index >= 15 is 0 Å². The Morgan fingerprint density at radius 3 is 2.79 bits per heavy atom. The van der Waals surface area contributed by atoms with Gasteiger partial charge >= 0.3 is 0 Å². The van der Waals surface area contributed by atoms with Gasteiger partial charge in [0.15, 0.2) is 0 Å². The van der Waals surface area contributed by atoms with Gasteiger partial charge in [-0.2, -0.15) is 0 Å². The van der Waals surface area contributed by atoms with E-state index < -0.39 is 5.82 Å². The Kier molecular flexibility index (Phi) is 2.84. The average molecular weight is 274 g/mol. The van der Waals surface area contributed by atoms with Crippen LogP contribution in [0.25, 0.3) is 21.9 Å². The van der Waals surface area contributed by atoms with Gasteiger partial charge in [-0.3, -0.25) is 4.98 Å². The smallest absolute Gasteiger partial charge is 0.137 e. The fourth-order valence-electron chi connectivity index (χ4n) is 2.09. The molecule has 4 heteroatoms. The molecule has 0 atom stereocenters. The van der Waals surface area contributed by atoms with E-state index in [9.17, 15) is 9.50 Å². The van der Waals surface area contributed by atoms with Gasteiger partial charge in [0.1, 0.15) is 11.6 Å². The summed E-state index contributed by atoms with van der Waals surface area (Å²) >= 11 is 5.85. The Balaban J connectivity index is 2.33. The van der Waals surface area contributed by atoms with E-state index in [4.69, 9.17) is 11.6 Å². The minimum atomic E-state index is -0.516. The summed E-state index contributed by atoms with van der Waals surface area (Å²) in [5.74, 6) is -0.778. The summed E-state index contributed by atoms with van der Waals surface area (Å²) in [7, 11) is 0. The van der Waals surface area contributed by atoms with E-state index in [2.05, 4.69) is 4.98 Å². The zero-order valence-electron chi connectivity index (χ0n) is 9.77. The SMILES string of the molecule is Oc1cc(F)c(-c2cccc3ccncc23)cc1Cl. The van der Waals surface area contributed by atoms with Gasteiger partial charge in [0.05, 0.1) is 5.02 Å². The molecule has 0 aliphatic carbocycles. The Bertz CT molecular complexity index is 768. The summed E-state index contributed by atoms with van der Waals surface area (Å²) in [5.41, 5.74) is 1.05. The van der Waals surface area contributed by atoms with Crippen molar-refractivity contribution in [2.24, 2.45) is 0 Å². The van der Waals surface area contributed by atoms with E-state index in [1.807, 2.05) is 18.2 Å². The molecule has 1 heterocycles. The third-order valence-electron chi connectivity index (χ3n) is 3.01. The standard InChI is InChI=1S/C15H9ClFNO/c16-13-6-11(14(17)7-15(13)19)10-3-1-2-9-4-5-18-8-12(9)10/h1-8,19H. The fraction of sp³-hybridized carbons (Fsp3) is 0. The van der Waals surface area contributed by atoms with Crippen LogP contribution < -0.4 is 0 Å². The van der Waals surface area contributed by atoms with Crippen LogP contribution in [0.2, 0.25) is 5.02 Å². The molecule has 0 amide bonds. The molecule has 0 saturated carbocycles. The van der Waals surface area contributed by atoms with Gasteiger partial charge in [0.25, 0.3) is 0 Å². The van der Waals surface area contributed by atoms with Gasteiger partial charge in [0, 0.05) is 29.4 Å². The summed E-state index contributed by atoms with van der Waals surface area (Å²) in [6.07, 6.45) is 3.37. The van der Waals surface area contributed by atoms with E-state index in [1.165, 1.54) is 6.07 Å². The summed E-state index contributed by atoms with van der Waals surface area (Å²) in [4.78, 5) is 4.06. The first-order valence-electron chi connectivity index (χ1n) is 5.68. The molecule has 1 aromatic heterocycles. The molecule has 0 spiro atoms. The topological polar surface area (TPSA) is 33.1 Å². The minimum absolute atomic E-state index is 0.122. The Labute approximate surface area is 114 Å². The number of fused-ring (bicyclic) bond motifs is 1. The fourth-order valence-corrected chi connectivity index (χ4v) is 2.25. The highest BCUT2D eigenvalue weighted by Crippen LogP contribution is 2.35. The number of hydrogen-bond acceptors (Lipinski definition) is 2. The Hall–Kier alpha value is -2.13. The number of nitrogens with zero attached hydrogens (tertiary/aromatic N) is 1. The number of phenolic OH excluding ortho intramolecular Hbond substituents is 1. The normalized spacial score (nSPS) is 10.8. The lowest BCUT2D eigenvalue weighted by Gasteiger charge is -2.09. The zero-order chi connectivity index (χ0) is 13.4. The van der Waals surface area contributed by atoms with Crippen LogP contribution in [0.3, 0.4) is 0 Å². The van der Waals surface area contributed by atoms with Crippen molar-refractivity contribution < 1.29 is 9.50 Å². The first kappa shape index (κ1) is 11.9. The first-order chi connectivity index (χ1) is 9.16. The maximum absolute atomic E-state index is 14.0. The number of hydrogen-bond donors (Lipinski definition) is 1. The minimum Gasteiger partial charge on any atom is -0.506 e. The number of halogens is 2. The number of benzene rings is 2. The first-order valence-corrected chi connectivity index (χ1v) is 6.06. The third-order valence-corrected chi connectivity index (χ3v) is 3.31. The van der Waals surface area contributed by atoms with Gasteiger partial charge in [-0.05, 0) is 23.1 Å². The van der Waals surface area contributed by atoms with Crippen molar-refractivity contribution in [3.63, 3.8) is 0 Å². The molecule has 0 bridgehead atoms. The molecule has 2 aromatic carbocycles. The Morgan fingerprint density at radius 2 is 1.95 bits per heavy atom. The highest BCUT2D eigenvalue weighted by Gasteiger charge is 2.12. The lowest BCUT2D eigenvalue weighted by atomic mass is 9.99. The van der Waals surface area contributed by atoms with E-state index in [1.54, 1.807) is 18.5 Å². The van der Waals surface area contributed by atoms with Gasteiger partial charge < -0.3 is 5.11 Å². The second-order valence-electron chi connectivity index (χ2n) is 4.19. The number of aromatic hydroxyl groups is 1. The second kappa shape index (κ2) is 4.52. The van der Waals surface area contributed by atoms with Crippen LogP contribution in [0.4, 0.5) is 4.39 Å². The van der Waals surface area contributed by atoms with Crippen LogP contribution in [0, 0.1) is 5.82 Å². The summed E-state index contributed by atoms with van der Waals surface area (Å²) in [5, 5.41) is 11.3. The van der Waals surface area contributed by atoms with Gasteiger partial charge in [-0.25, -0.2) is 4.39 Å². The molecular weight excluding hydrogens is 265 g/mol. The van der Waals surface area contributed by atoms with E-state index in [0.717, 1.165) is 16.8 Å². The molecule has 1 N–H and O–H groups in total. The maximum Gasteiger partial charge on any atom is 0.137 e. The summed E-state index contributed by atoms with van der Waals surface area (Å²) < 4.78 is 14.0. The Morgan fingerprint density at radius 1 is 1.11 bits per heavy atom. The number of phenols is 1. The zero-order valence-corrected chi connectivity index (χ0v) is 10.5. The van der Waals surface area contributed by atoms with Crippen LogP contribution >= 0.6 is 11.6 Å². The molecule has 0 saturated heterocycles. The van der Waals surface area contributed by atoms with Crippen LogP contribution in [0.5, 0.6) is 5.75 Å². The second-order valence-corrected chi connectivity index (χ2v) is 4.59. The lowest BCUT2D eigenvalue weighted by Crippen LogP contribution is -1.87. The highest BCUT2D eigenvalue weighted by molar-refractivity contribution is 6.32. The molecule has 3 aromatic rings. The van der Waals surface area contributed by atoms with Crippen molar-refractivity contribution in [2.75, 3.05) is 0 Å². The molecule has 94 valence electrons. The third kappa shape index (κ3) is 2.02. The quantitative estimate of drug-likeness (QED) is 0.713. The van der Waals surface area contributed by atoms with Gasteiger partial charge in [-0.15, -0.1) is 0 Å². The highest BCUT2D eigenvalue weighted by atomic mass is 35.5. The molecule has 0 fully saturated rings. The van der Waals surface area contributed by atoms with Gasteiger partial charge in [-0.1, -0.05) is 29.8 Å². The van der Waals surface area contributed by atoms with Crippen molar-refractivity contribution >= 4 is 22.4 Å². The molecular formula is C15H9ClFNO. The molecule has 0 aliphatic rings. The molecule has 0 aliphatic heterocycles. The summed E-state index contributed by atoms with van der Waals surface area (Å²) in [6.45, 7) is 0. The van der Waals surface area contributed by atoms with Crippen molar-refractivity contribution in [3.8, 4) is 16.9 Å².